The van der Waals surface area contributed by atoms with Gasteiger partial charge in [0.25, 0.3) is 0 Å². The van der Waals surface area contributed by atoms with E-state index < -0.39 is 0 Å². The molecule has 0 aliphatic carbocycles. The first kappa shape index (κ1) is 14.1. The predicted molar refractivity (Wildman–Crippen MR) is 86.4 cm³/mol. The Balaban J connectivity index is 1.95. The fourth-order valence-electron chi connectivity index (χ4n) is 2.98. The molecule has 0 spiro atoms. The van der Waals surface area contributed by atoms with Gasteiger partial charge in [-0.2, -0.15) is 0 Å². The Labute approximate surface area is 132 Å². The zero-order valence-electron chi connectivity index (χ0n) is 11.0. The van der Waals surface area contributed by atoms with Crippen molar-refractivity contribution in [3.8, 4) is 0 Å². The minimum absolute atomic E-state index is 0.443. The quantitative estimate of drug-likeness (QED) is 0.869. The van der Waals surface area contributed by atoms with Crippen molar-refractivity contribution in [2.75, 3.05) is 13.1 Å². The third-order valence-electron chi connectivity index (χ3n) is 3.91. The second-order valence-electron chi connectivity index (χ2n) is 5.20. The van der Waals surface area contributed by atoms with Gasteiger partial charge in [-0.1, -0.05) is 23.7 Å². The van der Waals surface area contributed by atoms with Crippen LogP contribution in [-0.4, -0.2) is 18.1 Å². The first-order chi connectivity index (χ1) is 9.74. The zero-order chi connectivity index (χ0) is 13.9. The van der Waals surface area contributed by atoms with Crippen molar-refractivity contribution in [1.82, 2.24) is 10.3 Å². The van der Waals surface area contributed by atoms with Crippen LogP contribution >= 0.6 is 27.5 Å². The number of piperidine rings is 1. The first-order valence-electron chi connectivity index (χ1n) is 6.80. The topological polar surface area (TPSA) is 24.9 Å². The fraction of sp³-hybridized carbons (Fsp3) is 0.312. The van der Waals surface area contributed by atoms with Crippen LogP contribution in [0.15, 0.2) is 47.2 Å². The molecule has 4 heteroatoms. The van der Waals surface area contributed by atoms with E-state index in [0.29, 0.717) is 11.8 Å². The molecule has 1 fully saturated rings. The first-order valence-corrected chi connectivity index (χ1v) is 7.98. The maximum atomic E-state index is 6.14. The van der Waals surface area contributed by atoms with Crippen LogP contribution in [0.2, 0.25) is 5.02 Å². The molecule has 0 amide bonds. The zero-order valence-corrected chi connectivity index (χ0v) is 13.4. The highest BCUT2D eigenvalue weighted by molar-refractivity contribution is 9.10. The molecule has 3 rings (SSSR count). The number of rotatable bonds is 2. The van der Waals surface area contributed by atoms with Gasteiger partial charge in [0.1, 0.15) is 0 Å². The highest BCUT2D eigenvalue weighted by Crippen LogP contribution is 2.38. The minimum Gasteiger partial charge on any atom is -0.316 e. The summed E-state index contributed by atoms with van der Waals surface area (Å²) in [6, 6.07) is 10.4. The Morgan fingerprint density at radius 3 is 2.85 bits per heavy atom. The van der Waals surface area contributed by atoms with Crippen LogP contribution in [0, 0.1) is 0 Å². The van der Waals surface area contributed by atoms with Gasteiger partial charge in [0, 0.05) is 34.4 Å². The number of nitrogens with zero attached hydrogens (tertiary/aromatic N) is 1. The maximum Gasteiger partial charge on any atom is 0.0410 e. The Hall–Kier alpha value is -0.900. The number of benzene rings is 1. The minimum atomic E-state index is 0.443. The molecule has 1 aromatic heterocycles. The lowest BCUT2D eigenvalue weighted by molar-refractivity contribution is 0.403. The lowest BCUT2D eigenvalue weighted by Crippen LogP contribution is -2.34. The van der Waals surface area contributed by atoms with Gasteiger partial charge in [0.2, 0.25) is 0 Å². The van der Waals surface area contributed by atoms with E-state index in [-0.39, 0.29) is 0 Å². The summed E-state index contributed by atoms with van der Waals surface area (Å²) in [5.74, 6) is 0.929. The normalized spacial score (nSPS) is 22.7. The van der Waals surface area contributed by atoms with E-state index in [1.807, 2.05) is 24.5 Å². The summed E-state index contributed by atoms with van der Waals surface area (Å²) in [6.07, 6.45) is 4.94. The second-order valence-corrected chi connectivity index (χ2v) is 6.55. The Bertz CT molecular complexity index is 549. The predicted octanol–water partition coefficient (Wildman–Crippen LogP) is 4.36. The SMILES string of the molecule is Clc1cccc(C2CNCCC2c2cncc(Br)c2)c1. The number of pyridine rings is 1. The van der Waals surface area contributed by atoms with Crippen molar-refractivity contribution in [2.24, 2.45) is 0 Å². The van der Waals surface area contributed by atoms with Crippen LogP contribution < -0.4 is 5.32 Å². The Kier molecular flexibility index (Phi) is 4.39. The summed E-state index contributed by atoms with van der Waals surface area (Å²) in [6.45, 7) is 2.03. The lowest BCUT2D eigenvalue weighted by Gasteiger charge is -2.33. The standard InChI is InChI=1S/C16H16BrClN2/c17-13-6-12(8-20-9-13)15-4-5-19-10-16(15)11-2-1-3-14(18)7-11/h1-3,6-9,15-16,19H,4-5,10H2. The molecule has 1 aliphatic rings. The summed E-state index contributed by atoms with van der Waals surface area (Å²) >= 11 is 9.66. The van der Waals surface area contributed by atoms with Crippen LogP contribution in [0.3, 0.4) is 0 Å². The molecule has 2 unspecified atom stereocenters. The van der Waals surface area contributed by atoms with E-state index in [2.05, 4.69) is 44.4 Å². The van der Waals surface area contributed by atoms with Crippen LogP contribution in [0.1, 0.15) is 29.4 Å². The summed E-state index contributed by atoms with van der Waals surface area (Å²) in [4.78, 5) is 4.31. The van der Waals surface area contributed by atoms with Crippen molar-refractivity contribution in [1.29, 1.82) is 0 Å². The van der Waals surface area contributed by atoms with Crippen molar-refractivity contribution in [3.63, 3.8) is 0 Å². The van der Waals surface area contributed by atoms with Crippen LogP contribution in [0.4, 0.5) is 0 Å². The van der Waals surface area contributed by atoms with Crippen LogP contribution in [0.25, 0.3) is 0 Å². The number of nitrogens with one attached hydrogen (secondary N) is 1. The van der Waals surface area contributed by atoms with Crippen molar-refractivity contribution in [3.05, 3.63) is 63.3 Å². The number of hydrogen-bond acceptors (Lipinski definition) is 2. The smallest absolute Gasteiger partial charge is 0.0410 e. The molecule has 104 valence electrons. The molecule has 0 bridgehead atoms. The largest absolute Gasteiger partial charge is 0.316 e. The van der Waals surface area contributed by atoms with Gasteiger partial charge < -0.3 is 5.32 Å². The molecule has 1 saturated heterocycles. The molecule has 2 aromatic rings. The van der Waals surface area contributed by atoms with Crippen LogP contribution in [-0.2, 0) is 0 Å². The Morgan fingerprint density at radius 1 is 1.15 bits per heavy atom. The summed E-state index contributed by atoms with van der Waals surface area (Å²) < 4.78 is 1.04. The van der Waals surface area contributed by atoms with Gasteiger partial charge in [-0.25, -0.2) is 0 Å². The van der Waals surface area contributed by atoms with E-state index in [4.69, 9.17) is 11.6 Å². The highest BCUT2D eigenvalue weighted by atomic mass is 79.9. The van der Waals surface area contributed by atoms with Gasteiger partial charge in [-0.15, -0.1) is 0 Å². The average molecular weight is 352 g/mol. The van der Waals surface area contributed by atoms with Gasteiger partial charge in [0.05, 0.1) is 0 Å². The molecule has 1 N–H and O–H groups in total. The molecule has 1 aliphatic heterocycles. The van der Waals surface area contributed by atoms with E-state index >= 15 is 0 Å². The summed E-state index contributed by atoms with van der Waals surface area (Å²) in [5.41, 5.74) is 2.60. The van der Waals surface area contributed by atoms with E-state index in [1.54, 1.807) is 0 Å². The fourth-order valence-corrected chi connectivity index (χ4v) is 3.56. The molecule has 0 saturated carbocycles. The highest BCUT2D eigenvalue weighted by Gasteiger charge is 2.28. The van der Waals surface area contributed by atoms with Gasteiger partial charge in [-0.3, -0.25) is 4.98 Å². The Morgan fingerprint density at radius 2 is 2.05 bits per heavy atom. The van der Waals surface area contributed by atoms with E-state index in [1.165, 1.54) is 11.1 Å². The molecular formula is C16H16BrClN2. The second kappa shape index (κ2) is 6.25. The molecular weight excluding hydrogens is 336 g/mol. The van der Waals surface area contributed by atoms with Crippen molar-refractivity contribution in [2.45, 2.75) is 18.3 Å². The third-order valence-corrected chi connectivity index (χ3v) is 4.58. The monoisotopic (exact) mass is 350 g/mol. The van der Waals surface area contributed by atoms with Gasteiger partial charge >= 0.3 is 0 Å². The lowest BCUT2D eigenvalue weighted by atomic mass is 9.78. The number of halogens is 2. The van der Waals surface area contributed by atoms with Gasteiger partial charge in [-0.05, 0) is 64.1 Å². The summed E-state index contributed by atoms with van der Waals surface area (Å²) in [5, 5.41) is 4.30. The van der Waals surface area contributed by atoms with E-state index in [0.717, 1.165) is 29.0 Å². The average Bonchev–Trinajstić information content (AvgIpc) is 2.47. The molecule has 1 aromatic carbocycles. The molecule has 2 heterocycles. The molecule has 2 atom stereocenters. The van der Waals surface area contributed by atoms with E-state index in [9.17, 15) is 0 Å². The van der Waals surface area contributed by atoms with Gasteiger partial charge in [0.15, 0.2) is 0 Å². The number of hydrogen-bond donors (Lipinski definition) is 1. The van der Waals surface area contributed by atoms with Crippen LogP contribution in [0.5, 0.6) is 0 Å². The van der Waals surface area contributed by atoms with Crippen molar-refractivity contribution < 1.29 is 0 Å². The summed E-state index contributed by atoms with van der Waals surface area (Å²) in [7, 11) is 0. The molecule has 2 nitrogen and oxygen atoms in total. The van der Waals surface area contributed by atoms with Crippen molar-refractivity contribution >= 4 is 27.5 Å². The maximum absolute atomic E-state index is 6.14. The molecule has 20 heavy (non-hydrogen) atoms. The third kappa shape index (κ3) is 3.05. The number of aromatic nitrogens is 1. The molecule has 0 radical (unpaired) electrons.